The molecule has 4 rings (SSSR count). The van der Waals surface area contributed by atoms with E-state index in [-0.39, 0.29) is 12.5 Å². The molecule has 0 aliphatic carbocycles. The molecule has 1 aliphatic heterocycles. The molecule has 1 fully saturated rings. The van der Waals surface area contributed by atoms with Crippen molar-refractivity contribution in [3.8, 4) is 11.1 Å². The maximum atomic E-state index is 12.8. The van der Waals surface area contributed by atoms with Crippen molar-refractivity contribution in [2.75, 3.05) is 45.2 Å². The average molecular weight is 484 g/mol. The molecule has 1 N–H and O–H groups in total. The Balaban J connectivity index is 1.37. The normalized spacial score (nSPS) is 14.7. The second-order valence-corrected chi connectivity index (χ2v) is 9.25. The topological polar surface area (TPSA) is 61.9 Å². The van der Waals surface area contributed by atoms with Gasteiger partial charge >= 0.3 is 5.97 Å². The molecule has 1 saturated heterocycles. The quantitative estimate of drug-likeness (QED) is 0.497. The summed E-state index contributed by atoms with van der Waals surface area (Å²) < 4.78 is 4.99. The zero-order valence-corrected chi connectivity index (χ0v) is 20.0. The monoisotopic (exact) mass is 483 g/mol. The summed E-state index contributed by atoms with van der Waals surface area (Å²) in [4.78, 5) is 29.8. The van der Waals surface area contributed by atoms with E-state index >= 15 is 0 Å². The van der Waals surface area contributed by atoms with Gasteiger partial charge in [0.1, 0.15) is 10.6 Å². The standard InChI is InChI=1S/C25H26ClN3O3S/c1-32-25(31)23-21(19-7-9-20(26)10-8-19)17-33-24(23)27-22(30)16-29-13-11-28(12-14-29)15-18-5-3-2-4-6-18/h2-10,17H,11-16H2,1H3,(H,27,30). The van der Waals surface area contributed by atoms with Gasteiger partial charge in [0.25, 0.3) is 0 Å². The number of hydrogen-bond acceptors (Lipinski definition) is 6. The van der Waals surface area contributed by atoms with Crippen LogP contribution in [0.2, 0.25) is 5.02 Å². The van der Waals surface area contributed by atoms with Gasteiger partial charge in [0.05, 0.1) is 13.7 Å². The Morgan fingerprint density at radius 3 is 2.33 bits per heavy atom. The molecule has 2 aromatic carbocycles. The summed E-state index contributed by atoms with van der Waals surface area (Å²) in [5.41, 5.74) is 3.22. The number of amides is 1. The zero-order chi connectivity index (χ0) is 23.2. The fourth-order valence-corrected chi connectivity index (χ4v) is 5.01. The van der Waals surface area contributed by atoms with Crippen molar-refractivity contribution in [2.45, 2.75) is 6.54 Å². The molecule has 0 unspecified atom stereocenters. The van der Waals surface area contributed by atoms with Gasteiger partial charge in [0, 0.05) is 48.7 Å². The lowest BCUT2D eigenvalue weighted by Gasteiger charge is -2.34. The molecular formula is C25H26ClN3O3S. The van der Waals surface area contributed by atoms with Crippen LogP contribution in [-0.4, -0.2) is 61.5 Å². The predicted octanol–water partition coefficient (Wildman–Crippen LogP) is 4.61. The lowest BCUT2D eigenvalue weighted by molar-refractivity contribution is -0.117. The van der Waals surface area contributed by atoms with Gasteiger partial charge < -0.3 is 10.1 Å². The van der Waals surface area contributed by atoms with Crippen molar-refractivity contribution in [2.24, 2.45) is 0 Å². The van der Waals surface area contributed by atoms with Gasteiger partial charge in [0.2, 0.25) is 5.91 Å². The van der Waals surface area contributed by atoms with Crippen molar-refractivity contribution < 1.29 is 14.3 Å². The van der Waals surface area contributed by atoms with Crippen LogP contribution in [0.25, 0.3) is 11.1 Å². The average Bonchev–Trinajstić information content (AvgIpc) is 3.24. The number of nitrogens with zero attached hydrogens (tertiary/aromatic N) is 2. The Hall–Kier alpha value is -2.71. The maximum Gasteiger partial charge on any atom is 0.341 e. The van der Waals surface area contributed by atoms with Crippen molar-refractivity contribution in [1.29, 1.82) is 0 Å². The van der Waals surface area contributed by atoms with Gasteiger partial charge in [-0.15, -0.1) is 11.3 Å². The first kappa shape index (κ1) is 23.4. The number of thiophene rings is 1. The fourth-order valence-electron chi connectivity index (χ4n) is 3.91. The molecular weight excluding hydrogens is 458 g/mol. The first-order valence-electron chi connectivity index (χ1n) is 10.8. The van der Waals surface area contributed by atoms with Crippen LogP contribution in [0.1, 0.15) is 15.9 Å². The third-order valence-corrected chi connectivity index (χ3v) is 6.82. The number of ether oxygens (including phenoxy) is 1. The van der Waals surface area contributed by atoms with Crippen LogP contribution in [0, 0.1) is 0 Å². The smallest absolute Gasteiger partial charge is 0.341 e. The number of halogens is 1. The van der Waals surface area contributed by atoms with E-state index in [4.69, 9.17) is 16.3 Å². The third-order valence-electron chi connectivity index (χ3n) is 5.67. The van der Waals surface area contributed by atoms with E-state index in [1.807, 2.05) is 23.6 Å². The van der Waals surface area contributed by atoms with E-state index in [0.29, 0.717) is 21.2 Å². The molecule has 0 spiro atoms. The van der Waals surface area contributed by atoms with E-state index < -0.39 is 5.97 Å². The van der Waals surface area contributed by atoms with Crippen LogP contribution >= 0.6 is 22.9 Å². The molecule has 0 atom stereocenters. The Bertz CT molecular complexity index is 1090. The van der Waals surface area contributed by atoms with E-state index in [1.54, 1.807) is 12.1 Å². The number of nitrogens with one attached hydrogen (secondary N) is 1. The lowest BCUT2D eigenvalue weighted by atomic mass is 10.0. The van der Waals surface area contributed by atoms with Crippen LogP contribution in [0.4, 0.5) is 5.00 Å². The van der Waals surface area contributed by atoms with Gasteiger partial charge in [-0.25, -0.2) is 4.79 Å². The number of esters is 1. The number of carbonyl (C=O) groups excluding carboxylic acids is 2. The van der Waals surface area contributed by atoms with Crippen molar-refractivity contribution in [3.63, 3.8) is 0 Å². The van der Waals surface area contributed by atoms with E-state index in [9.17, 15) is 9.59 Å². The minimum atomic E-state index is -0.481. The zero-order valence-electron chi connectivity index (χ0n) is 18.4. The number of hydrogen-bond donors (Lipinski definition) is 1. The molecule has 1 aromatic heterocycles. The van der Waals surface area contributed by atoms with E-state index in [1.165, 1.54) is 24.0 Å². The number of piperazine rings is 1. The second-order valence-electron chi connectivity index (χ2n) is 7.94. The van der Waals surface area contributed by atoms with Crippen LogP contribution < -0.4 is 5.32 Å². The number of benzene rings is 2. The van der Waals surface area contributed by atoms with Crippen LogP contribution in [0.3, 0.4) is 0 Å². The molecule has 0 radical (unpaired) electrons. The summed E-state index contributed by atoms with van der Waals surface area (Å²) in [6, 6.07) is 17.6. The van der Waals surface area contributed by atoms with Gasteiger partial charge in [-0.2, -0.15) is 0 Å². The van der Waals surface area contributed by atoms with Gasteiger partial charge in [0.15, 0.2) is 0 Å². The molecule has 33 heavy (non-hydrogen) atoms. The molecule has 2 heterocycles. The Morgan fingerprint density at radius 2 is 1.67 bits per heavy atom. The minimum absolute atomic E-state index is 0.138. The van der Waals surface area contributed by atoms with E-state index in [0.717, 1.165) is 38.3 Å². The summed E-state index contributed by atoms with van der Waals surface area (Å²) >= 11 is 7.31. The van der Waals surface area contributed by atoms with Crippen molar-refractivity contribution in [1.82, 2.24) is 9.80 Å². The van der Waals surface area contributed by atoms with Crippen LogP contribution in [0.15, 0.2) is 60.0 Å². The first-order chi connectivity index (χ1) is 16.0. The van der Waals surface area contributed by atoms with Gasteiger partial charge in [-0.3, -0.25) is 14.6 Å². The second kappa shape index (κ2) is 10.9. The number of anilines is 1. The molecule has 172 valence electrons. The Labute approximate surface area is 202 Å². The minimum Gasteiger partial charge on any atom is -0.465 e. The molecule has 8 heteroatoms. The molecule has 6 nitrogen and oxygen atoms in total. The highest BCUT2D eigenvalue weighted by molar-refractivity contribution is 7.15. The van der Waals surface area contributed by atoms with Crippen molar-refractivity contribution in [3.05, 3.63) is 76.1 Å². The number of rotatable bonds is 7. The van der Waals surface area contributed by atoms with Crippen LogP contribution in [-0.2, 0) is 16.1 Å². The Morgan fingerprint density at radius 1 is 1.00 bits per heavy atom. The lowest BCUT2D eigenvalue weighted by Crippen LogP contribution is -2.48. The van der Waals surface area contributed by atoms with Crippen LogP contribution in [0.5, 0.6) is 0 Å². The predicted molar refractivity (Wildman–Crippen MR) is 133 cm³/mol. The highest BCUT2D eigenvalue weighted by Crippen LogP contribution is 2.36. The first-order valence-corrected chi connectivity index (χ1v) is 12.0. The molecule has 1 amide bonds. The summed E-state index contributed by atoms with van der Waals surface area (Å²) in [5.74, 6) is -0.618. The summed E-state index contributed by atoms with van der Waals surface area (Å²) in [6.07, 6.45) is 0. The van der Waals surface area contributed by atoms with Gasteiger partial charge in [-0.1, -0.05) is 54.1 Å². The Kier molecular flexibility index (Phi) is 7.77. The summed E-state index contributed by atoms with van der Waals surface area (Å²) in [6.45, 7) is 4.68. The highest BCUT2D eigenvalue weighted by Gasteiger charge is 2.24. The SMILES string of the molecule is COC(=O)c1c(-c2ccc(Cl)cc2)csc1NC(=O)CN1CCN(Cc2ccccc2)CC1. The third kappa shape index (κ3) is 6.00. The highest BCUT2D eigenvalue weighted by atomic mass is 35.5. The number of methoxy groups -OCH3 is 1. The maximum absolute atomic E-state index is 12.8. The molecule has 0 bridgehead atoms. The number of carbonyl (C=O) groups is 2. The molecule has 1 aliphatic rings. The fraction of sp³-hybridized carbons (Fsp3) is 0.280. The molecule has 3 aromatic rings. The summed E-state index contributed by atoms with van der Waals surface area (Å²) in [5, 5.41) is 5.89. The molecule has 0 saturated carbocycles. The van der Waals surface area contributed by atoms with Gasteiger partial charge in [-0.05, 0) is 23.3 Å². The largest absolute Gasteiger partial charge is 0.465 e. The van der Waals surface area contributed by atoms with Crippen molar-refractivity contribution >= 4 is 39.8 Å². The van der Waals surface area contributed by atoms with E-state index in [2.05, 4.69) is 39.4 Å². The summed E-state index contributed by atoms with van der Waals surface area (Å²) in [7, 11) is 1.34.